The van der Waals surface area contributed by atoms with Crippen molar-refractivity contribution < 1.29 is 9.47 Å². The molecule has 120 valence electrons. The summed E-state index contributed by atoms with van der Waals surface area (Å²) < 4.78 is 12.9. The maximum absolute atomic E-state index is 11.8. The number of benzene rings is 1. The average molecular weight is 335 g/mol. The molecule has 0 aliphatic rings. The second-order valence-electron chi connectivity index (χ2n) is 4.64. The predicted octanol–water partition coefficient (Wildman–Crippen LogP) is 1.20. The SMILES string of the molecule is Cn1cc(OCC#CCOc2ccc(Cl)cc2)c(=O)n(C)c1=O. The van der Waals surface area contributed by atoms with E-state index in [2.05, 4.69) is 11.8 Å². The molecule has 0 N–H and O–H groups in total. The minimum atomic E-state index is -0.493. The van der Waals surface area contributed by atoms with Gasteiger partial charge < -0.3 is 9.47 Å². The molecule has 0 radical (unpaired) electrons. The number of hydrogen-bond acceptors (Lipinski definition) is 4. The van der Waals surface area contributed by atoms with Crippen LogP contribution < -0.4 is 20.7 Å². The quantitative estimate of drug-likeness (QED) is 0.788. The summed E-state index contributed by atoms with van der Waals surface area (Å²) in [4.78, 5) is 23.3. The standard InChI is InChI=1S/C16H15ClN2O4/c1-18-11-14(15(20)19(2)16(18)21)23-10-4-3-9-22-13-7-5-12(17)6-8-13/h5-8,11H,9-10H2,1-2H3. The highest BCUT2D eigenvalue weighted by Crippen LogP contribution is 2.14. The Morgan fingerprint density at radius 2 is 1.65 bits per heavy atom. The molecule has 0 spiro atoms. The van der Waals surface area contributed by atoms with E-state index in [1.165, 1.54) is 17.8 Å². The third-order valence-corrected chi connectivity index (χ3v) is 3.22. The monoisotopic (exact) mass is 334 g/mol. The Kier molecular flexibility index (Phi) is 5.50. The second kappa shape index (κ2) is 7.56. The van der Waals surface area contributed by atoms with Crippen molar-refractivity contribution in [3.8, 4) is 23.3 Å². The van der Waals surface area contributed by atoms with Crippen molar-refractivity contribution in [3.05, 3.63) is 56.3 Å². The van der Waals surface area contributed by atoms with E-state index in [0.29, 0.717) is 10.8 Å². The van der Waals surface area contributed by atoms with Crippen LogP contribution in [-0.2, 0) is 14.1 Å². The third kappa shape index (κ3) is 4.41. The second-order valence-corrected chi connectivity index (χ2v) is 5.07. The Bertz CT molecular complexity index is 857. The van der Waals surface area contributed by atoms with Crippen LogP contribution in [0.4, 0.5) is 0 Å². The molecule has 0 unspecified atom stereocenters. The molecule has 6 nitrogen and oxygen atoms in total. The first-order valence-electron chi connectivity index (χ1n) is 6.72. The van der Waals surface area contributed by atoms with Crippen molar-refractivity contribution in [1.29, 1.82) is 0 Å². The predicted molar refractivity (Wildman–Crippen MR) is 87.1 cm³/mol. The Morgan fingerprint density at radius 3 is 2.30 bits per heavy atom. The van der Waals surface area contributed by atoms with E-state index >= 15 is 0 Å². The summed E-state index contributed by atoms with van der Waals surface area (Å²) in [6.45, 7) is 0.216. The lowest BCUT2D eigenvalue weighted by molar-refractivity contribution is 0.352. The van der Waals surface area contributed by atoms with E-state index in [4.69, 9.17) is 21.1 Å². The lowest BCUT2D eigenvalue weighted by Crippen LogP contribution is -2.37. The van der Waals surface area contributed by atoms with Gasteiger partial charge in [0.05, 0.1) is 6.20 Å². The van der Waals surface area contributed by atoms with Gasteiger partial charge in [0.25, 0.3) is 5.56 Å². The summed E-state index contributed by atoms with van der Waals surface area (Å²) in [5.41, 5.74) is -0.905. The van der Waals surface area contributed by atoms with Gasteiger partial charge in [0.2, 0.25) is 5.75 Å². The number of halogens is 1. The van der Waals surface area contributed by atoms with Crippen molar-refractivity contribution >= 4 is 11.6 Å². The minimum absolute atomic E-state index is 0.0252. The zero-order chi connectivity index (χ0) is 16.8. The first kappa shape index (κ1) is 16.7. The van der Waals surface area contributed by atoms with Gasteiger partial charge >= 0.3 is 5.69 Å². The highest BCUT2D eigenvalue weighted by molar-refractivity contribution is 6.30. The van der Waals surface area contributed by atoms with Gasteiger partial charge in [-0.15, -0.1) is 0 Å². The fourth-order valence-corrected chi connectivity index (χ4v) is 1.87. The molecule has 0 saturated carbocycles. The smallest absolute Gasteiger partial charge is 0.330 e. The molecule has 1 aromatic heterocycles. The molecule has 0 amide bonds. The summed E-state index contributed by atoms with van der Waals surface area (Å²) in [5.74, 6) is 6.24. The van der Waals surface area contributed by atoms with E-state index in [-0.39, 0.29) is 19.0 Å². The molecular weight excluding hydrogens is 320 g/mol. The Labute approximate surface area is 137 Å². The molecule has 0 fully saturated rings. The number of nitrogens with zero attached hydrogens (tertiary/aromatic N) is 2. The largest absolute Gasteiger partial charge is 0.481 e. The van der Waals surface area contributed by atoms with Crippen LogP contribution in [0.5, 0.6) is 11.5 Å². The zero-order valence-electron chi connectivity index (χ0n) is 12.7. The number of hydrogen-bond donors (Lipinski definition) is 0. The number of aryl methyl sites for hydroxylation is 1. The van der Waals surface area contributed by atoms with E-state index in [0.717, 1.165) is 4.57 Å². The van der Waals surface area contributed by atoms with Gasteiger partial charge in [-0.25, -0.2) is 4.79 Å². The summed E-state index contributed by atoms with van der Waals surface area (Å²) in [6.07, 6.45) is 1.34. The highest BCUT2D eigenvalue weighted by Gasteiger charge is 2.06. The van der Waals surface area contributed by atoms with Crippen LogP contribution >= 0.6 is 11.6 Å². The molecular formula is C16H15ClN2O4. The lowest BCUT2D eigenvalue weighted by atomic mass is 10.3. The van der Waals surface area contributed by atoms with Gasteiger partial charge in [-0.1, -0.05) is 23.4 Å². The van der Waals surface area contributed by atoms with Crippen LogP contribution in [0.3, 0.4) is 0 Å². The van der Waals surface area contributed by atoms with E-state index < -0.39 is 11.2 Å². The molecule has 2 aromatic rings. The normalized spacial score (nSPS) is 9.87. The van der Waals surface area contributed by atoms with Gasteiger partial charge in [-0.3, -0.25) is 13.9 Å². The van der Waals surface area contributed by atoms with E-state index in [1.54, 1.807) is 31.3 Å². The Balaban J connectivity index is 1.88. The Hall–Kier alpha value is -2.65. The van der Waals surface area contributed by atoms with Crippen LogP contribution in [0.25, 0.3) is 0 Å². The van der Waals surface area contributed by atoms with Crippen molar-refractivity contribution in [3.63, 3.8) is 0 Å². The number of aromatic nitrogens is 2. The number of rotatable bonds is 4. The molecule has 1 heterocycles. The van der Waals surface area contributed by atoms with Gasteiger partial charge in [-0.05, 0) is 24.3 Å². The minimum Gasteiger partial charge on any atom is -0.481 e. The molecule has 7 heteroatoms. The molecule has 0 atom stereocenters. The lowest BCUT2D eigenvalue weighted by Gasteiger charge is -2.06. The van der Waals surface area contributed by atoms with Crippen LogP contribution in [-0.4, -0.2) is 22.3 Å². The van der Waals surface area contributed by atoms with Crippen molar-refractivity contribution in [2.75, 3.05) is 13.2 Å². The van der Waals surface area contributed by atoms with Crippen molar-refractivity contribution in [2.45, 2.75) is 0 Å². The third-order valence-electron chi connectivity index (χ3n) is 2.96. The highest BCUT2D eigenvalue weighted by atomic mass is 35.5. The maximum atomic E-state index is 11.8. The molecule has 0 bridgehead atoms. The summed E-state index contributed by atoms with van der Waals surface area (Å²) in [7, 11) is 2.93. The van der Waals surface area contributed by atoms with Crippen LogP contribution in [0.2, 0.25) is 5.02 Å². The van der Waals surface area contributed by atoms with E-state index in [1.807, 2.05) is 0 Å². The summed E-state index contributed by atoms with van der Waals surface area (Å²) in [5, 5.41) is 0.635. The van der Waals surface area contributed by atoms with Crippen molar-refractivity contribution in [2.24, 2.45) is 14.1 Å². The van der Waals surface area contributed by atoms with E-state index in [9.17, 15) is 9.59 Å². The van der Waals surface area contributed by atoms with Crippen molar-refractivity contribution in [1.82, 2.24) is 9.13 Å². The topological polar surface area (TPSA) is 62.5 Å². The summed E-state index contributed by atoms with van der Waals surface area (Å²) >= 11 is 5.77. The number of ether oxygens (including phenoxy) is 2. The molecule has 0 saturated heterocycles. The molecule has 0 aliphatic carbocycles. The van der Waals surface area contributed by atoms with Gasteiger partial charge in [0.1, 0.15) is 19.0 Å². The first-order chi connectivity index (χ1) is 11.0. The summed E-state index contributed by atoms with van der Waals surface area (Å²) in [6, 6.07) is 6.94. The Morgan fingerprint density at radius 1 is 1.04 bits per heavy atom. The fraction of sp³-hybridized carbons (Fsp3) is 0.250. The van der Waals surface area contributed by atoms with Crippen LogP contribution in [0.15, 0.2) is 40.1 Å². The molecule has 0 aliphatic heterocycles. The fourth-order valence-electron chi connectivity index (χ4n) is 1.74. The van der Waals surface area contributed by atoms with Gasteiger partial charge in [0, 0.05) is 19.1 Å². The van der Waals surface area contributed by atoms with Crippen LogP contribution in [0, 0.1) is 11.8 Å². The van der Waals surface area contributed by atoms with Gasteiger partial charge in [0.15, 0.2) is 0 Å². The molecule has 2 rings (SSSR count). The maximum Gasteiger partial charge on any atom is 0.330 e. The zero-order valence-corrected chi connectivity index (χ0v) is 13.5. The van der Waals surface area contributed by atoms with Gasteiger partial charge in [-0.2, -0.15) is 0 Å². The average Bonchev–Trinajstić information content (AvgIpc) is 2.55. The van der Waals surface area contributed by atoms with Crippen LogP contribution in [0.1, 0.15) is 0 Å². The first-order valence-corrected chi connectivity index (χ1v) is 7.10. The molecule has 23 heavy (non-hydrogen) atoms. The molecule has 1 aromatic carbocycles.